The van der Waals surface area contributed by atoms with Crippen molar-refractivity contribution in [3.63, 3.8) is 0 Å². The molecular weight excluding hydrogens is 300 g/mol. The third-order valence-electron chi connectivity index (χ3n) is 3.33. The Morgan fingerprint density at radius 2 is 1.91 bits per heavy atom. The van der Waals surface area contributed by atoms with Gasteiger partial charge in [-0.05, 0) is 11.5 Å². The zero-order valence-corrected chi connectivity index (χ0v) is 12.5. The average molecular weight is 312 g/mol. The van der Waals surface area contributed by atoms with E-state index in [9.17, 15) is 8.42 Å². The highest BCUT2D eigenvalue weighted by Gasteiger charge is 2.20. The summed E-state index contributed by atoms with van der Waals surface area (Å²) in [6, 6.07) is 14.2. The number of aromatic nitrogens is 2. The van der Waals surface area contributed by atoms with E-state index in [1.165, 1.54) is 16.9 Å². The second-order valence-electron chi connectivity index (χ2n) is 4.73. The van der Waals surface area contributed by atoms with Crippen LogP contribution < -0.4 is 4.72 Å². The number of rotatable bonds is 3. The lowest BCUT2D eigenvalue weighted by Crippen LogP contribution is -2.16. The summed E-state index contributed by atoms with van der Waals surface area (Å²) in [4.78, 5) is 0.163. The second-order valence-corrected chi connectivity index (χ2v) is 6.38. The molecule has 0 saturated carbocycles. The standard InChI is InChI=1S/C15H12N4O2S/c1-19-15(12(9-16)10-17-19)18-22(20,21)14-8-4-6-11-5-2-3-7-13(11)14/h2-8,10,18H,1H3. The lowest BCUT2D eigenvalue weighted by Gasteiger charge is -2.11. The zero-order chi connectivity index (χ0) is 15.7. The van der Waals surface area contributed by atoms with E-state index in [-0.39, 0.29) is 16.3 Å². The fourth-order valence-electron chi connectivity index (χ4n) is 2.25. The third-order valence-corrected chi connectivity index (χ3v) is 4.73. The minimum absolute atomic E-state index is 0.149. The van der Waals surface area contributed by atoms with Crippen molar-refractivity contribution in [2.24, 2.45) is 7.05 Å². The highest BCUT2D eigenvalue weighted by molar-refractivity contribution is 7.93. The molecule has 1 aromatic heterocycles. The number of fused-ring (bicyclic) bond motifs is 1. The molecule has 0 aliphatic carbocycles. The van der Waals surface area contributed by atoms with Gasteiger partial charge in [0.25, 0.3) is 10.0 Å². The van der Waals surface area contributed by atoms with Crippen molar-refractivity contribution in [3.8, 4) is 6.07 Å². The third kappa shape index (κ3) is 2.29. The first-order valence-corrected chi connectivity index (χ1v) is 7.94. The maximum absolute atomic E-state index is 12.7. The SMILES string of the molecule is Cn1ncc(C#N)c1NS(=O)(=O)c1cccc2ccccc12. The van der Waals surface area contributed by atoms with Crippen molar-refractivity contribution < 1.29 is 8.42 Å². The molecule has 0 bridgehead atoms. The van der Waals surface area contributed by atoms with Crippen LogP contribution in [0.3, 0.4) is 0 Å². The minimum atomic E-state index is -3.83. The molecule has 0 amide bonds. The molecule has 1 N–H and O–H groups in total. The summed E-state index contributed by atoms with van der Waals surface area (Å²) < 4.78 is 29.1. The van der Waals surface area contributed by atoms with Gasteiger partial charge in [-0.3, -0.25) is 9.40 Å². The van der Waals surface area contributed by atoms with Gasteiger partial charge in [-0.25, -0.2) is 8.42 Å². The maximum atomic E-state index is 12.7. The van der Waals surface area contributed by atoms with Gasteiger partial charge in [0.1, 0.15) is 11.6 Å². The molecule has 3 aromatic rings. The molecule has 0 atom stereocenters. The Labute approximate surface area is 127 Å². The Bertz CT molecular complexity index is 995. The van der Waals surface area contributed by atoms with Crippen LogP contribution >= 0.6 is 0 Å². The molecule has 3 rings (SSSR count). The summed E-state index contributed by atoms with van der Waals surface area (Å²) in [5, 5.41) is 14.4. The van der Waals surface area contributed by atoms with Gasteiger partial charge in [0.05, 0.1) is 11.1 Å². The van der Waals surface area contributed by atoms with Gasteiger partial charge in [-0.1, -0.05) is 36.4 Å². The number of hydrogen-bond donors (Lipinski definition) is 1. The molecule has 22 heavy (non-hydrogen) atoms. The molecule has 0 saturated heterocycles. The number of nitriles is 1. The smallest absolute Gasteiger partial charge is 0.262 e. The fourth-order valence-corrected chi connectivity index (χ4v) is 3.59. The quantitative estimate of drug-likeness (QED) is 0.803. The van der Waals surface area contributed by atoms with Crippen LogP contribution in [0.4, 0.5) is 5.82 Å². The molecule has 7 heteroatoms. The van der Waals surface area contributed by atoms with Crippen LogP contribution in [0, 0.1) is 11.3 Å². The van der Waals surface area contributed by atoms with Crippen LogP contribution in [0.5, 0.6) is 0 Å². The first kappa shape index (κ1) is 14.1. The van der Waals surface area contributed by atoms with Gasteiger partial charge >= 0.3 is 0 Å². The van der Waals surface area contributed by atoms with Crippen LogP contribution in [-0.2, 0) is 17.1 Å². The number of anilines is 1. The molecule has 0 spiro atoms. The summed E-state index contributed by atoms with van der Waals surface area (Å²) in [5.41, 5.74) is 0.173. The minimum Gasteiger partial charge on any atom is -0.262 e. The lowest BCUT2D eigenvalue weighted by atomic mass is 10.1. The van der Waals surface area contributed by atoms with Crippen LogP contribution in [0.2, 0.25) is 0 Å². The summed E-state index contributed by atoms with van der Waals surface area (Å²) >= 11 is 0. The van der Waals surface area contributed by atoms with E-state index in [4.69, 9.17) is 5.26 Å². The van der Waals surface area contributed by atoms with E-state index >= 15 is 0 Å². The molecule has 0 fully saturated rings. The zero-order valence-electron chi connectivity index (χ0n) is 11.7. The van der Waals surface area contributed by atoms with Crippen LogP contribution in [0.15, 0.2) is 53.6 Å². The first-order valence-electron chi connectivity index (χ1n) is 6.45. The van der Waals surface area contributed by atoms with Gasteiger partial charge < -0.3 is 0 Å². The van der Waals surface area contributed by atoms with Crippen molar-refractivity contribution in [3.05, 3.63) is 54.2 Å². The molecule has 1 heterocycles. The highest BCUT2D eigenvalue weighted by Crippen LogP contribution is 2.25. The van der Waals surface area contributed by atoms with E-state index < -0.39 is 10.0 Å². The summed E-state index contributed by atoms with van der Waals surface area (Å²) in [6.07, 6.45) is 1.32. The summed E-state index contributed by atoms with van der Waals surface area (Å²) in [5.74, 6) is 0.149. The number of sulfonamides is 1. The number of nitrogens with one attached hydrogen (secondary N) is 1. The van der Waals surface area contributed by atoms with E-state index in [0.717, 1.165) is 5.39 Å². The van der Waals surface area contributed by atoms with Gasteiger partial charge in [-0.2, -0.15) is 10.4 Å². The number of aryl methyl sites for hydroxylation is 1. The van der Waals surface area contributed by atoms with E-state index in [1.54, 1.807) is 25.2 Å². The predicted molar refractivity (Wildman–Crippen MR) is 82.7 cm³/mol. The molecule has 110 valence electrons. The molecular formula is C15H12N4O2S. The Morgan fingerprint density at radius 3 is 2.68 bits per heavy atom. The molecule has 0 unspecified atom stereocenters. The maximum Gasteiger partial charge on any atom is 0.263 e. The Balaban J connectivity index is 2.14. The lowest BCUT2D eigenvalue weighted by molar-refractivity contribution is 0.601. The number of benzene rings is 2. The number of hydrogen-bond acceptors (Lipinski definition) is 4. The fraction of sp³-hybridized carbons (Fsp3) is 0.0667. The van der Waals surface area contributed by atoms with Crippen LogP contribution in [0.1, 0.15) is 5.56 Å². The molecule has 2 aromatic carbocycles. The van der Waals surface area contributed by atoms with Crippen molar-refractivity contribution in [2.45, 2.75) is 4.90 Å². The largest absolute Gasteiger partial charge is 0.263 e. The summed E-state index contributed by atoms with van der Waals surface area (Å²) in [6.45, 7) is 0. The Morgan fingerprint density at radius 1 is 1.18 bits per heavy atom. The molecule has 0 aliphatic heterocycles. The predicted octanol–water partition coefficient (Wildman–Crippen LogP) is 2.25. The van der Waals surface area contributed by atoms with Crippen LogP contribution in [-0.4, -0.2) is 18.2 Å². The Kier molecular flexibility index (Phi) is 3.31. The molecule has 6 nitrogen and oxygen atoms in total. The summed E-state index contributed by atoms with van der Waals surface area (Å²) in [7, 11) is -2.26. The van der Waals surface area contributed by atoms with E-state index in [2.05, 4.69) is 9.82 Å². The topological polar surface area (TPSA) is 87.8 Å². The van der Waals surface area contributed by atoms with Crippen molar-refractivity contribution in [1.29, 1.82) is 5.26 Å². The van der Waals surface area contributed by atoms with Gasteiger partial charge in [-0.15, -0.1) is 0 Å². The second kappa shape index (κ2) is 5.16. The normalized spacial score (nSPS) is 11.3. The first-order chi connectivity index (χ1) is 10.5. The number of nitrogens with zero attached hydrogens (tertiary/aromatic N) is 3. The van der Waals surface area contributed by atoms with Gasteiger partial charge in [0.15, 0.2) is 5.82 Å². The van der Waals surface area contributed by atoms with E-state index in [1.807, 2.05) is 24.3 Å². The van der Waals surface area contributed by atoms with Crippen molar-refractivity contribution in [1.82, 2.24) is 9.78 Å². The van der Waals surface area contributed by atoms with Crippen molar-refractivity contribution >= 4 is 26.6 Å². The van der Waals surface area contributed by atoms with Crippen molar-refractivity contribution in [2.75, 3.05) is 4.72 Å². The average Bonchev–Trinajstić information content (AvgIpc) is 2.86. The van der Waals surface area contributed by atoms with E-state index in [0.29, 0.717) is 5.39 Å². The highest BCUT2D eigenvalue weighted by atomic mass is 32.2. The monoisotopic (exact) mass is 312 g/mol. The van der Waals surface area contributed by atoms with Gasteiger partial charge in [0.2, 0.25) is 0 Å². The Hall–Kier alpha value is -2.85. The molecule has 0 aliphatic rings. The van der Waals surface area contributed by atoms with Gasteiger partial charge in [0, 0.05) is 12.4 Å². The van der Waals surface area contributed by atoms with Crippen LogP contribution in [0.25, 0.3) is 10.8 Å². The molecule has 0 radical (unpaired) electrons.